The molecule has 3 aromatic rings. The van der Waals surface area contributed by atoms with Gasteiger partial charge >= 0.3 is 0 Å². The van der Waals surface area contributed by atoms with Gasteiger partial charge in [0.25, 0.3) is 10.1 Å². The minimum atomic E-state index is -4.00. The molecule has 0 aliphatic heterocycles. The standard InChI is InChI=1S/C11H11N5.C6H6O3S.ClH/c12-10-7-6-9(11(13)14-10)16-15-8-4-2-1-3-5-8;7-10(8,9)6-4-2-1-3-5-6;/h1-7H,(H4,12,13,14);1-5H,(H,7,8,9);1H. The van der Waals surface area contributed by atoms with Crippen LogP contribution < -0.4 is 11.5 Å². The lowest BCUT2D eigenvalue weighted by Gasteiger charge is -1.98. The molecule has 0 unspecified atom stereocenters. The highest BCUT2D eigenvalue weighted by Gasteiger charge is 2.05. The number of halogens is 1. The summed E-state index contributed by atoms with van der Waals surface area (Å²) in [6, 6.07) is 20.1. The molecule has 142 valence electrons. The molecule has 0 saturated heterocycles. The Balaban J connectivity index is 0.000000288. The number of hydrogen-bond acceptors (Lipinski definition) is 7. The Morgan fingerprint density at radius 1 is 0.815 bits per heavy atom. The van der Waals surface area contributed by atoms with E-state index in [0.29, 0.717) is 11.5 Å². The largest absolute Gasteiger partial charge is 0.384 e. The Labute approximate surface area is 163 Å². The number of hydrogen-bond donors (Lipinski definition) is 3. The summed E-state index contributed by atoms with van der Waals surface area (Å²) in [4.78, 5) is 3.81. The Hall–Kier alpha value is -3.01. The first kappa shape index (κ1) is 22.0. The molecule has 0 atom stereocenters. The van der Waals surface area contributed by atoms with Gasteiger partial charge in [0.05, 0.1) is 10.6 Å². The maximum Gasteiger partial charge on any atom is 0.294 e. The summed E-state index contributed by atoms with van der Waals surface area (Å²) in [5, 5.41) is 8.03. The van der Waals surface area contributed by atoms with Gasteiger partial charge < -0.3 is 11.5 Å². The number of rotatable bonds is 3. The third kappa shape index (κ3) is 7.40. The number of anilines is 2. The molecule has 0 bridgehead atoms. The molecular formula is C17H18ClN5O3S. The van der Waals surface area contributed by atoms with E-state index in [1.54, 1.807) is 30.3 Å². The Bertz CT molecular complexity index is 984. The zero-order chi connectivity index (χ0) is 19.0. The fraction of sp³-hybridized carbons (Fsp3) is 0. The highest BCUT2D eigenvalue weighted by molar-refractivity contribution is 7.85. The van der Waals surface area contributed by atoms with Crippen LogP contribution in [0.4, 0.5) is 23.0 Å². The van der Waals surface area contributed by atoms with Crippen molar-refractivity contribution in [3.8, 4) is 0 Å². The fourth-order valence-corrected chi connectivity index (χ4v) is 2.27. The van der Waals surface area contributed by atoms with Crippen LogP contribution >= 0.6 is 12.4 Å². The summed E-state index contributed by atoms with van der Waals surface area (Å²) in [6.07, 6.45) is 0. The number of benzene rings is 2. The average molecular weight is 408 g/mol. The Kier molecular flexibility index (Phi) is 8.34. The lowest BCUT2D eigenvalue weighted by molar-refractivity contribution is 0.483. The van der Waals surface area contributed by atoms with Crippen LogP contribution in [0, 0.1) is 0 Å². The maximum atomic E-state index is 10.4. The third-order valence-corrected chi connectivity index (χ3v) is 3.86. The van der Waals surface area contributed by atoms with Crippen molar-refractivity contribution in [3.05, 3.63) is 72.8 Å². The number of nitrogen functional groups attached to an aromatic ring is 2. The van der Waals surface area contributed by atoms with Gasteiger partial charge in [-0.2, -0.15) is 13.5 Å². The number of nitrogens with two attached hydrogens (primary N) is 2. The Morgan fingerprint density at radius 3 is 1.85 bits per heavy atom. The van der Waals surface area contributed by atoms with E-state index in [0.717, 1.165) is 5.69 Å². The van der Waals surface area contributed by atoms with Crippen molar-refractivity contribution >= 4 is 45.5 Å². The van der Waals surface area contributed by atoms with Crippen molar-refractivity contribution in [2.24, 2.45) is 10.2 Å². The molecule has 0 amide bonds. The Morgan fingerprint density at radius 2 is 1.37 bits per heavy atom. The van der Waals surface area contributed by atoms with Crippen molar-refractivity contribution in [1.29, 1.82) is 0 Å². The molecule has 0 aliphatic carbocycles. The normalized spacial score (nSPS) is 10.6. The van der Waals surface area contributed by atoms with Crippen molar-refractivity contribution in [1.82, 2.24) is 4.98 Å². The summed E-state index contributed by atoms with van der Waals surface area (Å²) >= 11 is 0. The molecule has 27 heavy (non-hydrogen) atoms. The summed E-state index contributed by atoms with van der Waals surface area (Å²) in [5.41, 5.74) is 12.4. The molecular weight excluding hydrogens is 390 g/mol. The van der Waals surface area contributed by atoms with E-state index in [1.165, 1.54) is 12.1 Å². The van der Waals surface area contributed by atoms with Crippen LogP contribution in [0.5, 0.6) is 0 Å². The van der Waals surface area contributed by atoms with Gasteiger partial charge in [0.2, 0.25) is 0 Å². The third-order valence-electron chi connectivity index (χ3n) is 2.99. The first-order chi connectivity index (χ1) is 12.4. The van der Waals surface area contributed by atoms with Crippen molar-refractivity contribution < 1.29 is 13.0 Å². The smallest absolute Gasteiger partial charge is 0.294 e. The van der Waals surface area contributed by atoms with E-state index >= 15 is 0 Å². The zero-order valence-corrected chi connectivity index (χ0v) is 15.6. The van der Waals surface area contributed by atoms with E-state index in [2.05, 4.69) is 15.2 Å². The van der Waals surface area contributed by atoms with Gasteiger partial charge in [0, 0.05) is 0 Å². The number of azo groups is 1. The molecule has 1 heterocycles. The molecule has 0 aliphatic rings. The molecule has 0 spiro atoms. The lowest BCUT2D eigenvalue weighted by Crippen LogP contribution is -1.96. The molecule has 10 heteroatoms. The predicted molar refractivity (Wildman–Crippen MR) is 107 cm³/mol. The molecule has 1 aromatic heterocycles. The highest BCUT2D eigenvalue weighted by atomic mass is 35.5. The van der Waals surface area contributed by atoms with Crippen LogP contribution in [-0.4, -0.2) is 18.0 Å². The van der Waals surface area contributed by atoms with E-state index < -0.39 is 10.1 Å². The lowest BCUT2D eigenvalue weighted by atomic mass is 10.3. The number of aromatic nitrogens is 1. The topological polar surface area (TPSA) is 144 Å². The quantitative estimate of drug-likeness (QED) is 0.441. The van der Waals surface area contributed by atoms with Crippen molar-refractivity contribution in [2.75, 3.05) is 11.5 Å². The second kappa shape index (κ2) is 10.2. The SMILES string of the molecule is Cl.Nc1ccc(N=Nc2ccccc2)c(N)n1.O=S(=O)(O)c1ccccc1. The van der Waals surface area contributed by atoms with Gasteiger partial charge in [0.1, 0.15) is 11.5 Å². The molecule has 0 fully saturated rings. The zero-order valence-electron chi connectivity index (χ0n) is 14.0. The van der Waals surface area contributed by atoms with Gasteiger partial charge in [-0.25, -0.2) is 4.98 Å². The summed E-state index contributed by atoms with van der Waals surface area (Å²) in [6.45, 7) is 0. The molecule has 5 N–H and O–H groups in total. The predicted octanol–water partition coefficient (Wildman–Crippen LogP) is 4.02. The second-order valence-corrected chi connectivity index (χ2v) is 6.39. The van der Waals surface area contributed by atoms with Crippen LogP contribution in [-0.2, 0) is 10.1 Å². The summed E-state index contributed by atoms with van der Waals surface area (Å²) < 4.78 is 29.2. The number of pyridine rings is 1. The van der Waals surface area contributed by atoms with Gasteiger partial charge in [-0.05, 0) is 36.4 Å². The van der Waals surface area contributed by atoms with Gasteiger partial charge in [0.15, 0.2) is 5.82 Å². The van der Waals surface area contributed by atoms with E-state index in [4.69, 9.17) is 16.0 Å². The van der Waals surface area contributed by atoms with Gasteiger partial charge in [-0.3, -0.25) is 4.55 Å². The van der Waals surface area contributed by atoms with Crippen molar-refractivity contribution in [3.63, 3.8) is 0 Å². The van der Waals surface area contributed by atoms with E-state index in [9.17, 15) is 8.42 Å². The van der Waals surface area contributed by atoms with Crippen LogP contribution in [0.1, 0.15) is 0 Å². The summed E-state index contributed by atoms with van der Waals surface area (Å²) in [7, 11) is -4.00. The number of nitrogens with zero attached hydrogens (tertiary/aromatic N) is 3. The second-order valence-electron chi connectivity index (χ2n) is 4.96. The van der Waals surface area contributed by atoms with Gasteiger partial charge in [-0.1, -0.05) is 36.4 Å². The average Bonchev–Trinajstić information content (AvgIpc) is 2.62. The van der Waals surface area contributed by atoms with Crippen LogP contribution in [0.3, 0.4) is 0 Å². The summed E-state index contributed by atoms with van der Waals surface area (Å²) in [5.74, 6) is 0.649. The van der Waals surface area contributed by atoms with E-state index in [1.807, 2.05) is 30.3 Å². The molecule has 0 saturated carbocycles. The van der Waals surface area contributed by atoms with E-state index in [-0.39, 0.29) is 23.1 Å². The molecule has 3 rings (SSSR count). The van der Waals surface area contributed by atoms with Crippen molar-refractivity contribution in [2.45, 2.75) is 4.90 Å². The monoisotopic (exact) mass is 407 g/mol. The van der Waals surface area contributed by atoms with Crippen LogP contribution in [0.2, 0.25) is 0 Å². The van der Waals surface area contributed by atoms with Crippen LogP contribution in [0.25, 0.3) is 0 Å². The van der Waals surface area contributed by atoms with Gasteiger partial charge in [-0.15, -0.1) is 17.5 Å². The first-order valence-electron chi connectivity index (χ1n) is 7.37. The molecule has 2 aromatic carbocycles. The first-order valence-corrected chi connectivity index (χ1v) is 8.81. The minimum Gasteiger partial charge on any atom is -0.384 e. The highest BCUT2D eigenvalue weighted by Crippen LogP contribution is 2.23. The van der Waals surface area contributed by atoms with Crippen LogP contribution in [0.15, 0.2) is 87.9 Å². The fourth-order valence-electron chi connectivity index (χ4n) is 1.77. The molecule has 0 radical (unpaired) electrons. The maximum absolute atomic E-state index is 10.4. The molecule has 8 nitrogen and oxygen atoms in total. The minimum absolute atomic E-state index is 0.